The lowest BCUT2D eigenvalue weighted by Crippen LogP contribution is -2.12. The van der Waals surface area contributed by atoms with Gasteiger partial charge in [-0.2, -0.15) is 0 Å². The fourth-order valence-electron chi connectivity index (χ4n) is 3.35. The zero-order chi connectivity index (χ0) is 21.7. The van der Waals surface area contributed by atoms with Crippen LogP contribution in [0.3, 0.4) is 0 Å². The van der Waals surface area contributed by atoms with Gasteiger partial charge in [-0.05, 0) is 73.6 Å². The van der Waals surface area contributed by atoms with Crippen molar-refractivity contribution < 1.29 is 9.53 Å². The lowest BCUT2D eigenvalue weighted by atomic mass is 9.98. The minimum absolute atomic E-state index is 0.0362. The van der Waals surface area contributed by atoms with Crippen molar-refractivity contribution in [2.75, 3.05) is 11.9 Å². The first kappa shape index (κ1) is 22.0. The molecule has 0 saturated carbocycles. The maximum Gasteiger partial charge on any atom is 0.226 e. The number of hydrogen-bond donors (Lipinski definition) is 1. The van der Waals surface area contributed by atoms with Crippen molar-refractivity contribution in [3.8, 4) is 17.0 Å². The topological polar surface area (TPSA) is 51.2 Å². The van der Waals surface area contributed by atoms with E-state index in [0.717, 1.165) is 17.0 Å². The number of carbonyl (C=O) groups excluding carboxylic acids is 1. The number of carbonyl (C=O) groups is 1. The van der Waals surface area contributed by atoms with Crippen molar-refractivity contribution >= 4 is 22.4 Å². The Hall–Kier alpha value is -2.66. The molecule has 158 valence electrons. The molecule has 3 aromatic rings. The molecule has 3 rings (SSSR count). The maximum absolute atomic E-state index is 12.2. The van der Waals surface area contributed by atoms with E-state index in [1.54, 1.807) is 0 Å². The number of nitrogens with zero attached hydrogens (tertiary/aromatic N) is 1. The standard InChI is InChI=1S/C25H30N2O2S/c1-16(2)22-11-10-21(14-19(22)5)29-12-6-7-24(28)27-25-26-23(15-30-25)20-9-8-17(3)18(4)13-20/h8-11,13-16H,6-7,12H2,1-5H3,(H,26,27,28). The molecule has 1 amide bonds. The van der Waals surface area contributed by atoms with Gasteiger partial charge >= 0.3 is 0 Å². The second-order valence-electron chi connectivity index (χ2n) is 8.01. The van der Waals surface area contributed by atoms with Crippen molar-refractivity contribution in [3.05, 3.63) is 64.0 Å². The molecule has 0 aliphatic rings. The second-order valence-corrected chi connectivity index (χ2v) is 8.87. The van der Waals surface area contributed by atoms with Crippen molar-refractivity contribution in [3.63, 3.8) is 0 Å². The summed E-state index contributed by atoms with van der Waals surface area (Å²) in [5.41, 5.74) is 7.04. The number of aryl methyl sites for hydroxylation is 3. The molecule has 0 spiro atoms. The van der Waals surface area contributed by atoms with Crippen molar-refractivity contribution in [2.24, 2.45) is 0 Å². The molecule has 1 aromatic heterocycles. The van der Waals surface area contributed by atoms with E-state index in [9.17, 15) is 4.79 Å². The third-order valence-corrected chi connectivity index (χ3v) is 5.99. The van der Waals surface area contributed by atoms with E-state index in [1.165, 1.54) is 33.6 Å². The van der Waals surface area contributed by atoms with E-state index in [4.69, 9.17) is 4.74 Å². The second kappa shape index (κ2) is 9.90. The van der Waals surface area contributed by atoms with Gasteiger partial charge < -0.3 is 10.1 Å². The zero-order valence-corrected chi connectivity index (χ0v) is 19.2. The molecule has 0 atom stereocenters. The number of aromatic nitrogens is 1. The maximum atomic E-state index is 12.2. The van der Waals surface area contributed by atoms with E-state index in [2.05, 4.69) is 75.3 Å². The molecule has 0 bridgehead atoms. The lowest BCUT2D eigenvalue weighted by molar-refractivity contribution is -0.116. The SMILES string of the molecule is Cc1ccc(-c2csc(NC(=O)CCCOc3ccc(C(C)C)c(C)c3)n2)cc1C. The highest BCUT2D eigenvalue weighted by molar-refractivity contribution is 7.14. The van der Waals surface area contributed by atoms with Gasteiger partial charge in [0.05, 0.1) is 12.3 Å². The van der Waals surface area contributed by atoms with Gasteiger partial charge in [-0.3, -0.25) is 4.79 Å². The minimum atomic E-state index is -0.0362. The highest BCUT2D eigenvalue weighted by Crippen LogP contribution is 2.27. The molecule has 0 aliphatic carbocycles. The van der Waals surface area contributed by atoms with Crippen LogP contribution in [0.2, 0.25) is 0 Å². The Kier molecular flexibility index (Phi) is 7.27. The molecular formula is C25H30N2O2S. The van der Waals surface area contributed by atoms with Crippen LogP contribution < -0.4 is 10.1 Å². The number of anilines is 1. The molecule has 0 saturated heterocycles. The third-order valence-electron chi connectivity index (χ3n) is 5.23. The van der Waals surface area contributed by atoms with E-state index in [-0.39, 0.29) is 5.91 Å². The summed E-state index contributed by atoms with van der Waals surface area (Å²) in [4.78, 5) is 16.8. The Labute approximate surface area is 183 Å². The molecule has 0 radical (unpaired) electrons. The molecule has 0 unspecified atom stereocenters. The fraction of sp³-hybridized carbons (Fsp3) is 0.360. The van der Waals surface area contributed by atoms with E-state index >= 15 is 0 Å². The van der Waals surface area contributed by atoms with Crippen LogP contribution in [-0.4, -0.2) is 17.5 Å². The summed E-state index contributed by atoms with van der Waals surface area (Å²) in [6, 6.07) is 12.5. The highest BCUT2D eigenvalue weighted by atomic mass is 32.1. The summed E-state index contributed by atoms with van der Waals surface area (Å²) in [6.45, 7) is 11.2. The summed E-state index contributed by atoms with van der Waals surface area (Å²) in [5.74, 6) is 1.32. The van der Waals surface area contributed by atoms with Crippen LogP contribution in [0.15, 0.2) is 41.8 Å². The van der Waals surface area contributed by atoms with Gasteiger partial charge in [-0.1, -0.05) is 32.0 Å². The third kappa shape index (κ3) is 5.70. The summed E-state index contributed by atoms with van der Waals surface area (Å²) < 4.78 is 5.81. The Bertz CT molecular complexity index is 1020. The number of hydrogen-bond acceptors (Lipinski definition) is 4. The first-order valence-electron chi connectivity index (χ1n) is 10.4. The summed E-state index contributed by atoms with van der Waals surface area (Å²) in [5, 5.41) is 5.51. The van der Waals surface area contributed by atoms with Gasteiger partial charge in [0.15, 0.2) is 5.13 Å². The number of nitrogens with one attached hydrogen (secondary N) is 1. The van der Waals surface area contributed by atoms with E-state index < -0.39 is 0 Å². The first-order valence-corrected chi connectivity index (χ1v) is 11.3. The average molecular weight is 423 g/mol. The van der Waals surface area contributed by atoms with Crippen LogP contribution in [0.5, 0.6) is 5.75 Å². The lowest BCUT2D eigenvalue weighted by Gasteiger charge is -2.12. The van der Waals surface area contributed by atoms with Crippen LogP contribution in [0, 0.1) is 20.8 Å². The summed E-state index contributed by atoms with van der Waals surface area (Å²) in [7, 11) is 0. The van der Waals surface area contributed by atoms with E-state index in [0.29, 0.717) is 30.5 Å². The van der Waals surface area contributed by atoms with Crippen molar-refractivity contribution in [1.82, 2.24) is 4.98 Å². The van der Waals surface area contributed by atoms with Gasteiger partial charge in [0, 0.05) is 17.4 Å². The quantitative estimate of drug-likeness (QED) is 0.413. The predicted molar refractivity (Wildman–Crippen MR) is 126 cm³/mol. The molecule has 1 N–H and O–H groups in total. The van der Waals surface area contributed by atoms with Gasteiger partial charge in [0.1, 0.15) is 5.75 Å². The molecule has 5 heteroatoms. The molecule has 0 fully saturated rings. The molecular weight excluding hydrogens is 392 g/mol. The van der Waals surface area contributed by atoms with Gasteiger partial charge in [0.2, 0.25) is 5.91 Å². The average Bonchev–Trinajstić information content (AvgIpc) is 3.15. The Morgan fingerprint density at radius 1 is 1.07 bits per heavy atom. The first-order chi connectivity index (χ1) is 14.3. The Morgan fingerprint density at radius 3 is 2.57 bits per heavy atom. The molecule has 30 heavy (non-hydrogen) atoms. The highest BCUT2D eigenvalue weighted by Gasteiger charge is 2.09. The minimum Gasteiger partial charge on any atom is -0.494 e. The van der Waals surface area contributed by atoms with E-state index in [1.807, 2.05) is 11.4 Å². The zero-order valence-electron chi connectivity index (χ0n) is 18.4. The fourth-order valence-corrected chi connectivity index (χ4v) is 4.09. The van der Waals surface area contributed by atoms with Crippen molar-refractivity contribution in [1.29, 1.82) is 0 Å². The normalized spacial score (nSPS) is 11.0. The molecule has 4 nitrogen and oxygen atoms in total. The number of ether oxygens (including phenoxy) is 1. The summed E-state index contributed by atoms with van der Waals surface area (Å²) in [6.07, 6.45) is 1.06. The molecule has 2 aromatic carbocycles. The molecule has 0 aliphatic heterocycles. The number of benzene rings is 2. The monoisotopic (exact) mass is 422 g/mol. The number of thiazole rings is 1. The number of amides is 1. The van der Waals surface area contributed by atoms with Crippen LogP contribution in [0.1, 0.15) is 54.9 Å². The van der Waals surface area contributed by atoms with Crippen LogP contribution in [0.25, 0.3) is 11.3 Å². The predicted octanol–water partition coefficient (Wildman–Crippen LogP) is 6.66. The summed E-state index contributed by atoms with van der Waals surface area (Å²) >= 11 is 1.45. The van der Waals surface area contributed by atoms with Crippen LogP contribution in [0.4, 0.5) is 5.13 Å². The largest absolute Gasteiger partial charge is 0.494 e. The Morgan fingerprint density at radius 2 is 1.87 bits per heavy atom. The van der Waals surface area contributed by atoms with Crippen molar-refractivity contribution in [2.45, 2.75) is 53.4 Å². The van der Waals surface area contributed by atoms with Crippen LogP contribution in [-0.2, 0) is 4.79 Å². The van der Waals surface area contributed by atoms with Gasteiger partial charge in [-0.25, -0.2) is 4.98 Å². The molecule has 1 heterocycles. The smallest absolute Gasteiger partial charge is 0.226 e. The van der Waals surface area contributed by atoms with Crippen LogP contribution >= 0.6 is 11.3 Å². The number of rotatable bonds is 8. The Balaban J connectivity index is 1.46. The van der Waals surface area contributed by atoms with Gasteiger partial charge in [-0.15, -0.1) is 11.3 Å². The van der Waals surface area contributed by atoms with Gasteiger partial charge in [0.25, 0.3) is 0 Å².